The summed E-state index contributed by atoms with van der Waals surface area (Å²) in [7, 11) is -3.41. The number of halogens is 1. The molecule has 2 N–H and O–H groups in total. The summed E-state index contributed by atoms with van der Waals surface area (Å²) in [6.07, 6.45) is 7.06. The number of hydrogen-bond donors (Lipinski definition) is 2. The monoisotopic (exact) mass is 540 g/mol. The molecule has 2 heterocycles. The van der Waals surface area contributed by atoms with E-state index >= 15 is 0 Å². The van der Waals surface area contributed by atoms with Crippen molar-refractivity contribution in [2.75, 3.05) is 24.7 Å². The van der Waals surface area contributed by atoms with Crippen LogP contribution in [0.1, 0.15) is 41.1 Å². The van der Waals surface area contributed by atoms with Gasteiger partial charge in [0.15, 0.2) is 9.84 Å². The van der Waals surface area contributed by atoms with E-state index in [1.54, 1.807) is 24.3 Å². The van der Waals surface area contributed by atoms with E-state index in [4.69, 9.17) is 11.6 Å². The summed E-state index contributed by atoms with van der Waals surface area (Å²) >= 11 is 6.20. The Bertz CT molecular complexity index is 1540. The first-order chi connectivity index (χ1) is 17.6. The SMILES string of the molecule is CS(=O)(=O)c1ccc2c(NC(=O)C3CN(CC(=O)NC4CCC4)C(=O)c4ccc(Cl)cc43)cncc2c1. The molecule has 1 aliphatic heterocycles. The van der Waals surface area contributed by atoms with Crippen LogP contribution in [0.15, 0.2) is 53.7 Å². The van der Waals surface area contributed by atoms with Gasteiger partial charge in [0.2, 0.25) is 11.8 Å². The Morgan fingerprint density at radius 2 is 1.92 bits per heavy atom. The summed E-state index contributed by atoms with van der Waals surface area (Å²) in [5.74, 6) is -1.77. The van der Waals surface area contributed by atoms with Gasteiger partial charge in [-0.3, -0.25) is 19.4 Å². The Balaban J connectivity index is 1.43. The molecule has 3 amide bonds. The minimum atomic E-state index is -3.41. The Hall–Kier alpha value is -3.50. The molecule has 2 aromatic carbocycles. The van der Waals surface area contributed by atoms with E-state index in [2.05, 4.69) is 15.6 Å². The molecule has 0 radical (unpaired) electrons. The predicted octanol–water partition coefficient (Wildman–Crippen LogP) is 3.14. The van der Waals surface area contributed by atoms with Crippen molar-refractivity contribution in [3.8, 4) is 0 Å². The third-order valence-electron chi connectivity index (χ3n) is 6.85. The van der Waals surface area contributed by atoms with E-state index < -0.39 is 21.7 Å². The van der Waals surface area contributed by atoms with Crippen LogP contribution >= 0.6 is 11.6 Å². The van der Waals surface area contributed by atoms with Gasteiger partial charge in [-0.2, -0.15) is 0 Å². The van der Waals surface area contributed by atoms with Crippen molar-refractivity contribution >= 4 is 55.6 Å². The fraction of sp³-hybridized carbons (Fsp3) is 0.308. The molecule has 192 valence electrons. The lowest BCUT2D eigenvalue weighted by atomic mass is 9.88. The summed E-state index contributed by atoms with van der Waals surface area (Å²) in [6.45, 7) is -0.141. The number of benzene rings is 2. The molecule has 2 aliphatic rings. The van der Waals surface area contributed by atoms with E-state index in [0.29, 0.717) is 32.6 Å². The average Bonchev–Trinajstić information content (AvgIpc) is 2.82. The maximum atomic E-state index is 13.6. The van der Waals surface area contributed by atoms with Gasteiger partial charge in [0, 0.05) is 46.4 Å². The lowest BCUT2D eigenvalue weighted by Gasteiger charge is -2.34. The van der Waals surface area contributed by atoms with Gasteiger partial charge in [0.05, 0.1) is 29.2 Å². The number of pyridine rings is 1. The van der Waals surface area contributed by atoms with Crippen LogP contribution in [0.3, 0.4) is 0 Å². The second kappa shape index (κ2) is 9.75. The molecule has 1 unspecified atom stereocenters. The molecule has 1 aromatic heterocycles. The molecule has 0 spiro atoms. The predicted molar refractivity (Wildman–Crippen MR) is 139 cm³/mol. The van der Waals surface area contributed by atoms with Crippen LogP contribution in [-0.2, 0) is 19.4 Å². The van der Waals surface area contributed by atoms with Crippen molar-refractivity contribution in [2.24, 2.45) is 0 Å². The highest BCUT2D eigenvalue weighted by Crippen LogP contribution is 2.33. The molecular formula is C26H25ClN4O5S. The normalized spacial score (nSPS) is 17.7. The number of fused-ring (bicyclic) bond motifs is 2. The number of anilines is 1. The van der Waals surface area contributed by atoms with Gasteiger partial charge in [-0.05, 0) is 55.2 Å². The van der Waals surface area contributed by atoms with E-state index in [1.165, 1.54) is 29.4 Å². The molecule has 5 rings (SSSR count). The summed E-state index contributed by atoms with van der Waals surface area (Å²) in [5, 5.41) is 7.37. The highest BCUT2D eigenvalue weighted by Gasteiger charge is 2.37. The number of nitrogens with zero attached hydrogens (tertiary/aromatic N) is 2. The largest absolute Gasteiger partial charge is 0.352 e. The summed E-state index contributed by atoms with van der Waals surface area (Å²) < 4.78 is 23.9. The van der Waals surface area contributed by atoms with Crippen LogP contribution in [0.2, 0.25) is 5.02 Å². The minimum Gasteiger partial charge on any atom is -0.352 e. The van der Waals surface area contributed by atoms with Crippen LogP contribution in [0.5, 0.6) is 0 Å². The van der Waals surface area contributed by atoms with Gasteiger partial charge in [0.1, 0.15) is 0 Å². The van der Waals surface area contributed by atoms with Gasteiger partial charge in [-0.1, -0.05) is 17.7 Å². The summed E-state index contributed by atoms with van der Waals surface area (Å²) in [6, 6.07) is 9.50. The summed E-state index contributed by atoms with van der Waals surface area (Å²) in [5.41, 5.74) is 1.21. The van der Waals surface area contributed by atoms with Gasteiger partial charge < -0.3 is 15.5 Å². The molecule has 0 saturated heterocycles. The molecule has 3 aromatic rings. The maximum absolute atomic E-state index is 13.6. The number of sulfone groups is 1. The first-order valence-electron chi connectivity index (χ1n) is 11.9. The van der Waals surface area contributed by atoms with Gasteiger partial charge >= 0.3 is 0 Å². The fourth-order valence-corrected chi connectivity index (χ4v) is 5.49. The lowest BCUT2D eigenvalue weighted by molar-refractivity contribution is -0.124. The van der Waals surface area contributed by atoms with E-state index in [0.717, 1.165) is 25.5 Å². The Labute approximate surface area is 219 Å². The lowest BCUT2D eigenvalue weighted by Crippen LogP contribution is -2.50. The molecule has 1 atom stereocenters. The quantitative estimate of drug-likeness (QED) is 0.495. The smallest absolute Gasteiger partial charge is 0.254 e. The highest BCUT2D eigenvalue weighted by atomic mass is 35.5. The van der Waals surface area contributed by atoms with Crippen LogP contribution in [-0.4, -0.2) is 61.4 Å². The Morgan fingerprint density at radius 1 is 1.14 bits per heavy atom. The van der Waals surface area contributed by atoms with Crippen molar-refractivity contribution in [1.82, 2.24) is 15.2 Å². The first-order valence-corrected chi connectivity index (χ1v) is 14.1. The van der Waals surface area contributed by atoms with Crippen molar-refractivity contribution in [2.45, 2.75) is 36.1 Å². The van der Waals surface area contributed by atoms with E-state index in [9.17, 15) is 22.8 Å². The van der Waals surface area contributed by atoms with Crippen LogP contribution < -0.4 is 10.6 Å². The number of amides is 3. The minimum absolute atomic E-state index is 0.00647. The zero-order valence-corrected chi connectivity index (χ0v) is 21.6. The standard InChI is InChI=1S/C26H25ClN4O5S/c1-37(35,36)18-6-8-19-15(9-18)11-28-12-23(19)30-25(33)22-13-31(14-24(32)29-17-3-2-4-17)26(34)20-7-5-16(27)10-21(20)22/h5-12,17,22H,2-4,13-14H2,1H3,(H,29,32)(H,30,33). The molecule has 9 nitrogen and oxygen atoms in total. The van der Waals surface area contributed by atoms with Crippen LogP contribution in [0.25, 0.3) is 10.8 Å². The fourth-order valence-electron chi connectivity index (χ4n) is 4.65. The topological polar surface area (TPSA) is 126 Å². The van der Waals surface area contributed by atoms with E-state index in [1.807, 2.05) is 0 Å². The molecule has 37 heavy (non-hydrogen) atoms. The van der Waals surface area contributed by atoms with Crippen LogP contribution in [0.4, 0.5) is 5.69 Å². The number of nitrogens with one attached hydrogen (secondary N) is 2. The number of carbonyl (C=O) groups excluding carboxylic acids is 3. The second-order valence-electron chi connectivity index (χ2n) is 9.50. The number of rotatable bonds is 6. The zero-order chi connectivity index (χ0) is 26.3. The molecule has 1 fully saturated rings. The highest BCUT2D eigenvalue weighted by molar-refractivity contribution is 7.90. The zero-order valence-electron chi connectivity index (χ0n) is 20.0. The molecular weight excluding hydrogens is 516 g/mol. The van der Waals surface area contributed by atoms with Gasteiger partial charge in [-0.25, -0.2) is 8.42 Å². The second-order valence-corrected chi connectivity index (χ2v) is 11.9. The average molecular weight is 541 g/mol. The first kappa shape index (κ1) is 25.2. The molecule has 0 bridgehead atoms. The van der Waals surface area contributed by atoms with Crippen molar-refractivity contribution in [1.29, 1.82) is 0 Å². The van der Waals surface area contributed by atoms with Gasteiger partial charge in [0.25, 0.3) is 5.91 Å². The Kier molecular flexibility index (Phi) is 6.63. The molecule has 1 aliphatic carbocycles. The number of aromatic nitrogens is 1. The molecule has 11 heteroatoms. The van der Waals surface area contributed by atoms with Crippen molar-refractivity contribution in [3.05, 3.63) is 64.9 Å². The number of hydrogen-bond acceptors (Lipinski definition) is 6. The van der Waals surface area contributed by atoms with Crippen LogP contribution in [0, 0.1) is 0 Å². The third-order valence-corrected chi connectivity index (χ3v) is 8.19. The maximum Gasteiger partial charge on any atom is 0.254 e. The van der Waals surface area contributed by atoms with E-state index in [-0.39, 0.29) is 35.8 Å². The van der Waals surface area contributed by atoms with Crippen molar-refractivity contribution < 1.29 is 22.8 Å². The number of carbonyl (C=O) groups is 3. The summed E-state index contributed by atoms with van der Waals surface area (Å²) in [4.78, 5) is 45.0. The van der Waals surface area contributed by atoms with Gasteiger partial charge in [-0.15, -0.1) is 0 Å². The third kappa shape index (κ3) is 5.17. The van der Waals surface area contributed by atoms with Crippen molar-refractivity contribution in [3.63, 3.8) is 0 Å². The Morgan fingerprint density at radius 3 is 2.62 bits per heavy atom. The molecule has 1 saturated carbocycles.